The Kier molecular flexibility index (Phi) is 14.0. The van der Waals surface area contributed by atoms with Crippen LogP contribution in [0.1, 0.15) is 13.3 Å². The number of hydrogen-bond donors (Lipinski definition) is 1. The molecule has 0 aromatic carbocycles. The van der Waals surface area contributed by atoms with Gasteiger partial charge in [0, 0.05) is 34.2 Å². The van der Waals surface area contributed by atoms with Crippen molar-refractivity contribution >= 4 is 23.6 Å². The van der Waals surface area contributed by atoms with Crippen molar-refractivity contribution < 1.29 is 21.1 Å². The van der Waals surface area contributed by atoms with Gasteiger partial charge in [-0.1, -0.05) is 6.92 Å². The van der Waals surface area contributed by atoms with Crippen molar-refractivity contribution in [1.29, 1.82) is 0 Å². The van der Waals surface area contributed by atoms with Crippen molar-refractivity contribution in [2.24, 2.45) is 0 Å². The van der Waals surface area contributed by atoms with Crippen molar-refractivity contribution in [1.82, 2.24) is 9.25 Å². The zero-order chi connectivity index (χ0) is 7.11. The van der Waals surface area contributed by atoms with Crippen LogP contribution in [-0.4, -0.2) is 23.6 Å². The van der Waals surface area contributed by atoms with Crippen molar-refractivity contribution in [2.45, 2.75) is 13.3 Å². The van der Waals surface area contributed by atoms with Crippen LogP contribution in [0.15, 0.2) is 0 Å². The summed E-state index contributed by atoms with van der Waals surface area (Å²) in [5, 5.41) is 3.16. The molecule has 0 fully saturated rings. The summed E-state index contributed by atoms with van der Waals surface area (Å²) < 4.78 is 1.13. The van der Waals surface area contributed by atoms with Gasteiger partial charge in [-0.25, -0.2) is 0 Å². The van der Waals surface area contributed by atoms with Gasteiger partial charge in [-0.05, 0) is 36.5 Å². The van der Waals surface area contributed by atoms with Gasteiger partial charge in [0.1, 0.15) is 0 Å². The van der Waals surface area contributed by atoms with E-state index in [1.807, 2.05) is 0 Å². The molecule has 0 bridgehead atoms. The molecule has 0 atom stereocenters. The molecule has 66 valence electrons. The molecule has 0 aliphatic carbocycles. The van der Waals surface area contributed by atoms with Crippen molar-refractivity contribution in [3.8, 4) is 0 Å². The topological polar surface area (TPSA) is 15.3 Å². The monoisotopic (exact) mass is 365 g/mol. The maximum atomic E-state index is 5.32. The Morgan fingerprint density at radius 3 is 2.30 bits per heavy atom. The molecule has 0 saturated carbocycles. The number of nitrogens with zero attached hydrogens (tertiary/aromatic N) is 1. The molecular formula is C5H12Cl2N2Pt. The van der Waals surface area contributed by atoms with Crippen LogP contribution >= 0.6 is 23.6 Å². The Hall–Kier alpha value is 1.19. The Balaban J connectivity index is 0. The number of rotatable bonds is 5. The summed E-state index contributed by atoms with van der Waals surface area (Å²) in [6.07, 6.45) is 1.14. The number of nitrogens with one attached hydrogen (secondary N) is 1. The maximum absolute atomic E-state index is 5.32. The molecule has 0 heterocycles. The Bertz CT molecular complexity index is 63.6. The fourth-order valence-corrected chi connectivity index (χ4v) is 0.634. The minimum atomic E-state index is 0. The first-order chi connectivity index (χ1) is 4.27. The molecule has 0 unspecified atom stereocenters. The third-order valence-corrected chi connectivity index (χ3v) is 1.22. The molecule has 0 aromatic heterocycles. The van der Waals surface area contributed by atoms with Gasteiger partial charge in [-0.2, -0.15) is 0 Å². The predicted molar refractivity (Wildman–Crippen MR) is 41.6 cm³/mol. The Morgan fingerprint density at radius 1 is 1.30 bits per heavy atom. The van der Waals surface area contributed by atoms with E-state index in [0.717, 1.165) is 23.4 Å². The smallest absolute Gasteiger partial charge is 0.0429 e. The van der Waals surface area contributed by atoms with E-state index in [2.05, 4.69) is 12.2 Å². The van der Waals surface area contributed by atoms with E-state index in [9.17, 15) is 0 Å². The summed E-state index contributed by atoms with van der Waals surface area (Å²) in [4.78, 5) is 0. The van der Waals surface area contributed by atoms with E-state index in [1.54, 1.807) is 0 Å². The Labute approximate surface area is 86.7 Å². The normalized spacial score (nSPS) is 9.60. The van der Waals surface area contributed by atoms with Gasteiger partial charge in [0.25, 0.3) is 0 Å². The molecule has 10 heavy (non-hydrogen) atoms. The van der Waals surface area contributed by atoms with Crippen LogP contribution in [0.3, 0.4) is 0 Å². The van der Waals surface area contributed by atoms with Gasteiger partial charge >= 0.3 is 0 Å². The molecule has 0 aliphatic rings. The van der Waals surface area contributed by atoms with E-state index >= 15 is 0 Å². The molecule has 0 rings (SSSR count). The summed E-state index contributed by atoms with van der Waals surface area (Å²) >= 11 is 10.6. The molecule has 5 heteroatoms. The predicted octanol–water partition coefficient (Wildman–Crippen LogP) is 1.59. The minimum Gasteiger partial charge on any atom is -0.315 e. The van der Waals surface area contributed by atoms with Gasteiger partial charge in [-0.3, -0.25) is 0 Å². The number of hydrogen-bond acceptors (Lipinski definition) is 2. The molecule has 1 N–H and O–H groups in total. The molecule has 0 radical (unpaired) electrons. The summed E-state index contributed by atoms with van der Waals surface area (Å²) in [5.41, 5.74) is 0. The van der Waals surface area contributed by atoms with Gasteiger partial charge < -0.3 is 5.32 Å². The number of halogens is 2. The van der Waals surface area contributed by atoms with Crippen LogP contribution in [0, 0.1) is 0 Å². The average Bonchev–Trinajstić information content (AvgIpc) is 1.80. The molecule has 0 aliphatic heterocycles. The van der Waals surface area contributed by atoms with Gasteiger partial charge in [0.05, 0.1) is 0 Å². The quantitative estimate of drug-likeness (QED) is 0.588. The summed E-state index contributed by atoms with van der Waals surface area (Å²) in [6.45, 7) is 4.66. The standard InChI is InChI=1S/C5H12Cl2N2.Pt/c1-2-3-8-4-5-9(6)7;/h8H,2-5H2,1H3;. The van der Waals surface area contributed by atoms with Crippen molar-refractivity contribution in [3.63, 3.8) is 0 Å². The average molecular weight is 366 g/mol. The molecule has 0 saturated heterocycles. The van der Waals surface area contributed by atoms with E-state index in [-0.39, 0.29) is 21.1 Å². The molecular weight excluding hydrogens is 354 g/mol. The SMILES string of the molecule is CCCNCCN(Cl)Cl.[Pt]. The maximum Gasteiger partial charge on any atom is 0.0429 e. The minimum absolute atomic E-state index is 0. The van der Waals surface area contributed by atoms with Crippen LogP contribution in [0.25, 0.3) is 0 Å². The van der Waals surface area contributed by atoms with E-state index < -0.39 is 0 Å². The zero-order valence-electron chi connectivity index (χ0n) is 5.85. The second kappa shape index (κ2) is 10.2. The van der Waals surface area contributed by atoms with Crippen molar-refractivity contribution in [2.75, 3.05) is 19.6 Å². The van der Waals surface area contributed by atoms with Crippen LogP contribution < -0.4 is 5.32 Å². The second-order valence-corrected chi connectivity index (χ2v) is 2.77. The van der Waals surface area contributed by atoms with Crippen LogP contribution in [0.5, 0.6) is 0 Å². The second-order valence-electron chi connectivity index (χ2n) is 1.78. The molecule has 0 spiro atoms. The van der Waals surface area contributed by atoms with Gasteiger partial charge in [0.2, 0.25) is 0 Å². The largest absolute Gasteiger partial charge is 0.315 e. The zero-order valence-corrected chi connectivity index (χ0v) is 9.63. The van der Waals surface area contributed by atoms with Crippen molar-refractivity contribution in [3.05, 3.63) is 0 Å². The van der Waals surface area contributed by atoms with Gasteiger partial charge in [-0.15, -0.1) is 3.94 Å². The fraction of sp³-hybridized carbons (Fsp3) is 1.00. The van der Waals surface area contributed by atoms with E-state index in [4.69, 9.17) is 23.6 Å². The first-order valence-corrected chi connectivity index (χ1v) is 3.74. The fourth-order valence-electron chi connectivity index (χ4n) is 0.465. The summed E-state index contributed by atoms with van der Waals surface area (Å²) in [5.74, 6) is 0. The third-order valence-electron chi connectivity index (χ3n) is 0.884. The Morgan fingerprint density at radius 2 is 1.90 bits per heavy atom. The van der Waals surface area contributed by atoms with Crippen LogP contribution in [-0.2, 0) is 21.1 Å². The summed E-state index contributed by atoms with van der Waals surface area (Å²) in [7, 11) is 0. The first-order valence-electron chi connectivity index (χ1n) is 3.07. The van der Waals surface area contributed by atoms with E-state index in [0.29, 0.717) is 6.54 Å². The van der Waals surface area contributed by atoms with Gasteiger partial charge in [0.15, 0.2) is 0 Å². The van der Waals surface area contributed by atoms with E-state index in [1.165, 1.54) is 0 Å². The first kappa shape index (κ1) is 13.8. The van der Waals surface area contributed by atoms with Crippen LogP contribution in [0.4, 0.5) is 0 Å². The molecule has 0 aromatic rings. The van der Waals surface area contributed by atoms with Crippen LogP contribution in [0.2, 0.25) is 0 Å². The molecule has 0 amide bonds. The molecule has 2 nitrogen and oxygen atoms in total. The summed E-state index contributed by atoms with van der Waals surface area (Å²) in [6, 6.07) is 0. The third kappa shape index (κ3) is 11.9.